The van der Waals surface area contributed by atoms with Gasteiger partial charge in [-0.1, -0.05) is 17.7 Å². The van der Waals surface area contributed by atoms with Gasteiger partial charge in [0.1, 0.15) is 5.82 Å². The zero-order valence-electron chi connectivity index (χ0n) is 11.2. The normalized spacial score (nSPS) is 20.7. The lowest BCUT2D eigenvalue weighted by Crippen LogP contribution is -2.35. The van der Waals surface area contributed by atoms with Crippen LogP contribution in [0.1, 0.15) is 24.3 Å². The summed E-state index contributed by atoms with van der Waals surface area (Å²) in [7, 11) is 0. The van der Waals surface area contributed by atoms with E-state index in [4.69, 9.17) is 11.6 Å². The molecule has 2 unspecified atom stereocenters. The smallest absolute Gasteiger partial charge is 0.228 e. The van der Waals surface area contributed by atoms with Crippen LogP contribution in [0.3, 0.4) is 0 Å². The van der Waals surface area contributed by atoms with Crippen LogP contribution >= 0.6 is 11.6 Å². The highest BCUT2D eigenvalue weighted by atomic mass is 35.5. The van der Waals surface area contributed by atoms with Crippen molar-refractivity contribution in [2.45, 2.75) is 18.8 Å². The molecular weight excluding hydrogens is 291 g/mol. The number of aromatic nitrogens is 1. The summed E-state index contributed by atoms with van der Waals surface area (Å²) < 4.78 is 14.0. The number of nitrogens with zero attached hydrogens (tertiary/aromatic N) is 1. The Bertz CT molecular complexity index is 663. The number of anilines is 1. The van der Waals surface area contributed by atoms with Gasteiger partial charge < -0.3 is 5.32 Å². The third kappa shape index (κ3) is 2.90. The molecule has 0 bridgehead atoms. The van der Waals surface area contributed by atoms with Gasteiger partial charge in [-0.15, -0.1) is 0 Å². The van der Waals surface area contributed by atoms with Gasteiger partial charge in [0.25, 0.3) is 0 Å². The molecule has 1 aliphatic rings. The fourth-order valence-electron chi connectivity index (χ4n) is 2.66. The van der Waals surface area contributed by atoms with Crippen LogP contribution in [0.4, 0.5) is 10.1 Å². The number of benzene rings is 1. The molecule has 1 amide bonds. The molecule has 1 aromatic heterocycles. The molecule has 3 nitrogen and oxygen atoms in total. The van der Waals surface area contributed by atoms with E-state index >= 15 is 0 Å². The van der Waals surface area contributed by atoms with E-state index < -0.39 is 0 Å². The van der Waals surface area contributed by atoms with Gasteiger partial charge in [0.2, 0.25) is 5.91 Å². The van der Waals surface area contributed by atoms with Crippen LogP contribution in [0.25, 0.3) is 0 Å². The van der Waals surface area contributed by atoms with Crippen LogP contribution in [0.5, 0.6) is 0 Å². The van der Waals surface area contributed by atoms with Crippen LogP contribution in [0, 0.1) is 11.7 Å². The van der Waals surface area contributed by atoms with Crippen molar-refractivity contribution in [2.75, 3.05) is 5.32 Å². The average Bonchev–Trinajstić information content (AvgIpc) is 2.41. The summed E-state index contributed by atoms with van der Waals surface area (Å²) in [6.07, 6.45) is 4.82. The monoisotopic (exact) mass is 304 g/mol. The number of halogens is 2. The Kier molecular flexibility index (Phi) is 3.88. The molecule has 1 heterocycles. The number of carbonyl (C=O) groups excluding carboxylic acids is 1. The van der Waals surface area contributed by atoms with Gasteiger partial charge in [0, 0.05) is 29.0 Å². The summed E-state index contributed by atoms with van der Waals surface area (Å²) in [5.41, 5.74) is 1.28. The van der Waals surface area contributed by atoms with Crippen LogP contribution in [-0.2, 0) is 4.79 Å². The van der Waals surface area contributed by atoms with Crippen LogP contribution in [0.2, 0.25) is 5.02 Å². The van der Waals surface area contributed by atoms with Gasteiger partial charge in [0.15, 0.2) is 0 Å². The molecule has 21 heavy (non-hydrogen) atoms. The van der Waals surface area contributed by atoms with E-state index in [1.165, 1.54) is 6.07 Å². The quantitative estimate of drug-likeness (QED) is 0.931. The van der Waals surface area contributed by atoms with Crippen LogP contribution in [0.15, 0.2) is 42.7 Å². The lowest BCUT2D eigenvalue weighted by atomic mass is 9.69. The van der Waals surface area contributed by atoms with Crippen molar-refractivity contribution in [1.29, 1.82) is 0 Å². The number of hydrogen-bond donors (Lipinski definition) is 1. The number of nitrogens with one attached hydrogen (secondary N) is 1. The standard InChI is InChI=1S/C16H14ClFN2O/c17-10-1-2-13(15(18)9-10)12-3-4-14(12)16(21)20-11-5-7-19-8-6-11/h1-2,5-9,12,14H,3-4H2,(H,19,20,21). The Hall–Kier alpha value is -1.94. The molecule has 1 aliphatic carbocycles. The lowest BCUT2D eigenvalue weighted by molar-refractivity contribution is -0.123. The van der Waals surface area contributed by atoms with Crippen molar-refractivity contribution in [3.8, 4) is 0 Å². The second kappa shape index (κ2) is 5.82. The molecule has 1 fully saturated rings. The molecule has 5 heteroatoms. The van der Waals surface area contributed by atoms with E-state index in [0.29, 0.717) is 16.3 Å². The maximum Gasteiger partial charge on any atom is 0.228 e. The first-order valence-corrected chi connectivity index (χ1v) is 7.19. The Morgan fingerprint density at radius 2 is 2.00 bits per heavy atom. The molecule has 1 aromatic carbocycles. The van der Waals surface area contributed by atoms with Gasteiger partial charge in [0.05, 0.1) is 0 Å². The molecule has 2 atom stereocenters. The minimum atomic E-state index is -0.339. The molecule has 108 valence electrons. The largest absolute Gasteiger partial charge is 0.326 e. The first kappa shape index (κ1) is 14.0. The van der Waals surface area contributed by atoms with Gasteiger partial charge in [-0.25, -0.2) is 4.39 Å². The zero-order chi connectivity index (χ0) is 14.8. The van der Waals surface area contributed by atoms with Gasteiger partial charge in [-0.2, -0.15) is 0 Å². The van der Waals surface area contributed by atoms with Gasteiger partial charge in [-0.05, 0) is 48.6 Å². The predicted octanol–water partition coefficient (Wildman–Crippen LogP) is 4.01. The third-order valence-corrected chi connectivity index (χ3v) is 4.16. The minimum Gasteiger partial charge on any atom is -0.326 e. The summed E-state index contributed by atoms with van der Waals surface area (Å²) in [5, 5.41) is 3.22. The predicted molar refractivity (Wildman–Crippen MR) is 79.7 cm³/mol. The maximum atomic E-state index is 14.0. The zero-order valence-corrected chi connectivity index (χ0v) is 12.0. The van der Waals surface area contributed by atoms with Crippen molar-refractivity contribution >= 4 is 23.2 Å². The number of amides is 1. The van der Waals surface area contributed by atoms with E-state index in [0.717, 1.165) is 12.8 Å². The Morgan fingerprint density at radius 1 is 1.24 bits per heavy atom. The minimum absolute atomic E-state index is 0.0770. The highest BCUT2D eigenvalue weighted by Gasteiger charge is 2.38. The summed E-state index contributed by atoms with van der Waals surface area (Å²) in [5.74, 6) is -0.696. The number of hydrogen-bond acceptors (Lipinski definition) is 2. The average molecular weight is 305 g/mol. The second-order valence-corrected chi connectivity index (χ2v) is 5.62. The summed E-state index contributed by atoms with van der Waals surface area (Å²) in [4.78, 5) is 16.2. The van der Waals surface area contributed by atoms with Crippen molar-refractivity contribution in [3.63, 3.8) is 0 Å². The number of carbonyl (C=O) groups is 1. The molecule has 2 aromatic rings. The second-order valence-electron chi connectivity index (χ2n) is 5.18. The number of pyridine rings is 1. The molecule has 1 N–H and O–H groups in total. The Balaban J connectivity index is 1.73. The molecule has 0 spiro atoms. The highest BCUT2D eigenvalue weighted by molar-refractivity contribution is 6.30. The van der Waals surface area contributed by atoms with Gasteiger partial charge in [-0.3, -0.25) is 9.78 Å². The highest BCUT2D eigenvalue weighted by Crippen LogP contribution is 2.44. The van der Waals surface area contributed by atoms with Crippen molar-refractivity contribution in [1.82, 2.24) is 4.98 Å². The first-order valence-electron chi connectivity index (χ1n) is 6.81. The van der Waals surface area contributed by atoms with Crippen molar-refractivity contribution in [2.24, 2.45) is 5.92 Å². The molecule has 1 saturated carbocycles. The van der Waals surface area contributed by atoms with E-state index in [-0.39, 0.29) is 23.6 Å². The maximum absolute atomic E-state index is 14.0. The Morgan fingerprint density at radius 3 is 2.62 bits per heavy atom. The van der Waals surface area contributed by atoms with Gasteiger partial charge >= 0.3 is 0 Å². The van der Waals surface area contributed by atoms with E-state index in [9.17, 15) is 9.18 Å². The van der Waals surface area contributed by atoms with E-state index in [1.807, 2.05) is 0 Å². The molecule has 0 aliphatic heterocycles. The molecular formula is C16H14ClFN2O. The molecule has 3 rings (SSSR count). The summed E-state index contributed by atoms with van der Waals surface area (Å²) >= 11 is 5.76. The molecule has 0 radical (unpaired) electrons. The van der Waals surface area contributed by atoms with E-state index in [1.54, 1.807) is 36.7 Å². The van der Waals surface area contributed by atoms with Crippen LogP contribution in [-0.4, -0.2) is 10.9 Å². The van der Waals surface area contributed by atoms with Crippen LogP contribution < -0.4 is 5.32 Å². The number of rotatable bonds is 3. The van der Waals surface area contributed by atoms with Crippen molar-refractivity contribution in [3.05, 3.63) is 59.1 Å². The molecule has 0 saturated heterocycles. The lowest BCUT2D eigenvalue weighted by Gasteiger charge is -2.36. The first-order chi connectivity index (χ1) is 10.1. The van der Waals surface area contributed by atoms with E-state index in [2.05, 4.69) is 10.3 Å². The fourth-order valence-corrected chi connectivity index (χ4v) is 2.82. The SMILES string of the molecule is O=C(Nc1ccncc1)C1CCC1c1ccc(Cl)cc1F. The summed E-state index contributed by atoms with van der Waals surface area (Å²) in [6, 6.07) is 8.10. The Labute approximate surface area is 127 Å². The summed E-state index contributed by atoms with van der Waals surface area (Å²) in [6.45, 7) is 0. The topological polar surface area (TPSA) is 42.0 Å². The third-order valence-electron chi connectivity index (χ3n) is 3.92. The fraction of sp³-hybridized carbons (Fsp3) is 0.250. The van der Waals surface area contributed by atoms with Crippen molar-refractivity contribution < 1.29 is 9.18 Å².